The fraction of sp³-hybridized carbons (Fsp3) is 1.00. The van der Waals surface area contributed by atoms with Crippen molar-refractivity contribution in [2.75, 3.05) is 19.8 Å². The largest absolute Gasteiger partial charge is 0.388 e. The number of aliphatic hydroxyl groups is 1. The van der Waals surface area contributed by atoms with Crippen molar-refractivity contribution in [3.8, 4) is 0 Å². The van der Waals surface area contributed by atoms with Crippen LogP contribution in [0.3, 0.4) is 0 Å². The monoisotopic (exact) mass is 252 g/mol. The van der Waals surface area contributed by atoms with Gasteiger partial charge in [0, 0.05) is 32.6 Å². The van der Waals surface area contributed by atoms with E-state index in [0.717, 1.165) is 0 Å². The van der Waals surface area contributed by atoms with Gasteiger partial charge in [-0.3, -0.25) is 0 Å². The number of sulfonamides is 1. The molecule has 16 heavy (non-hydrogen) atoms. The maximum Gasteiger partial charge on any atom is 0.229 e. The van der Waals surface area contributed by atoms with Crippen LogP contribution in [0.25, 0.3) is 0 Å². The molecular formula is C9H20N2O4S. The van der Waals surface area contributed by atoms with Crippen LogP contribution in [0.1, 0.15) is 26.7 Å². The first-order valence-electron chi connectivity index (χ1n) is 5.25. The Hall–Kier alpha value is -0.210. The molecule has 0 amide bonds. The smallest absolute Gasteiger partial charge is 0.229 e. The molecule has 1 aliphatic rings. The lowest BCUT2D eigenvalue weighted by Crippen LogP contribution is -2.53. The summed E-state index contributed by atoms with van der Waals surface area (Å²) in [6.07, 6.45) is 0.862. The molecule has 0 atom stereocenters. The van der Waals surface area contributed by atoms with Crippen molar-refractivity contribution in [2.24, 2.45) is 5.73 Å². The third-order valence-electron chi connectivity index (χ3n) is 2.71. The summed E-state index contributed by atoms with van der Waals surface area (Å²) >= 11 is 0. The van der Waals surface area contributed by atoms with Gasteiger partial charge in [0.25, 0.3) is 0 Å². The number of nitrogens with two attached hydrogens (primary N) is 1. The van der Waals surface area contributed by atoms with E-state index < -0.39 is 20.5 Å². The number of nitrogens with one attached hydrogen (secondary N) is 1. The summed E-state index contributed by atoms with van der Waals surface area (Å²) in [5, 5.41) is 10.1. The minimum atomic E-state index is -3.61. The van der Waals surface area contributed by atoms with Gasteiger partial charge in [-0.2, -0.15) is 0 Å². The zero-order chi connectivity index (χ0) is 12.4. The molecule has 1 aliphatic heterocycles. The molecule has 96 valence electrons. The second kappa shape index (κ2) is 4.58. The van der Waals surface area contributed by atoms with Gasteiger partial charge in [0.1, 0.15) is 4.87 Å². The van der Waals surface area contributed by atoms with Gasteiger partial charge in [-0.15, -0.1) is 0 Å². The second-order valence-corrected chi connectivity index (χ2v) is 7.11. The van der Waals surface area contributed by atoms with Crippen LogP contribution in [-0.2, 0) is 14.8 Å². The molecule has 1 saturated heterocycles. The lowest BCUT2D eigenvalue weighted by molar-refractivity contribution is -0.0589. The maximum atomic E-state index is 11.7. The predicted molar refractivity (Wildman–Crippen MR) is 60.2 cm³/mol. The van der Waals surface area contributed by atoms with Crippen molar-refractivity contribution in [1.29, 1.82) is 0 Å². The van der Waals surface area contributed by atoms with Gasteiger partial charge in [0.2, 0.25) is 10.0 Å². The Balaban J connectivity index is 2.57. The average Bonchev–Trinajstić information content (AvgIpc) is 2.15. The van der Waals surface area contributed by atoms with E-state index >= 15 is 0 Å². The van der Waals surface area contributed by atoms with E-state index in [1.807, 2.05) is 0 Å². The fourth-order valence-electron chi connectivity index (χ4n) is 1.34. The molecule has 0 aliphatic carbocycles. The minimum absolute atomic E-state index is 0.0146. The van der Waals surface area contributed by atoms with Gasteiger partial charge in [0.05, 0.1) is 5.60 Å². The summed E-state index contributed by atoms with van der Waals surface area (Å²) in [5.41, 5.74) is 4.50. The van der Waals surface area contributed by atoms with Crippen LogP contribution in [0.2, 0.25) is 0 Å². The van der Waals surface area contributed by atoms with E-state index in [1.165, 1.54) is 13.8 Å². The van der Waals surface area contributed by atoms with Gasteiger partial charge in [-0.1, -0.05) is 0 Å². The number of rotatable bonds is 4. The molecule has 1 rings (SSSR count). The summed E-state index contributed by atoms with van der Waals surface area (Å²) in [5.74, 6) is 0. The van der Waals surface area contributed by atoms with E-state index in [9.17, 15) is 13.5 Å². The summed E-state index contributed by atoms with van der Waals surface area (Å²) < 4.78 is 30.8. The molecule has 0 bridgehead atoms. The summed E-state index contributed by atoms with van der Waals surface area (Å²) in [4.78, 5) is -1.35. The van der Waals surface area contributed by atoms with Gasteiger partial charge in [-0.25, -0.2) is 13.1 Å². The quantitative estimate of drug-likeness (QED) is 0.604. The van der Waals surface area contributed by atoms with Crippen LogP contribution in [0.5, 0.6) is 0 Å². The zero-order valence-corrected chi connectivity index (χ0v) is 10.5. The van der Waals surface area contributed by atoms with Crippen LogP contribution in [0.4, 0.5) is 0 Å². The van der Waals surface area contributed by atoms with Crippen LogP contribution >= 0.6 is 0 Å². The Morgan fingerprint density at radius 2 is 1.94 bits per heavy atom. The normalized spacial score (nSPS) is 22.0. The SMILES string of the molecule is CC(C)(N)S(=O)(=O)NCC1(O)CCOCC1. The number of hydrogen-bond acceptors (Lipinski definition) is 5. The topological polar surface area (TPSA) is 102 Å². The van der Waals surface area contributed by atoms with E-state index in [0.29, 0.717) is 26.1 Å². The van der Waals surface area contributed by atoms with E-state index in [-0.39, 0.29) is 6.54 Å². The number of ether oxygens (including phenoxy) is 1. The highest BCUT2D eigenvalue weighted by Gasteiger charge is 2.35. The molecular weight excluding hydrogens is 232 g/mol. The summed E-state index contributed by atoms with van der Waals surface area (Å²) in [6, 6.07) is 0. The maximum absolute atomic E-state index is 11.7. The first-order valence-corrected chi connectivity index (χ1v) is 6.73. The van der Waals surface area contributed by atoms with Gasteiger partial charge in [-0.05, 0) is 13.8 Å². The Kier molecular flexibility index (Phi) is 3.96. The average molecular weight is 252 g/mol. The molecule has 4 N–H and O–H groups in total. The van der Waals surface area contributed by atoms with Crippen molar-refractivity contribution in [3.63, 3.8) is 0 Å². The Bertz CT molecular complexity index is 328. The van der Waals surface area contributed by atoms with Gasteiger partial charge in [0.15, 0.2) is 0 Å². The van der Waals surface area contributed by atoms with Crippen molar-refractivity contribution in [1.82, 2.24) is 4.72 Å². The zero-order valence-electron chi connectivity index (χ0n) is 9.69. The highest BCUT2D eigenvalue weighted by Crippen LogP contribution is 2.20. The lowest BCUT2D eigenvalue weighted by atomic mass is 9.95. The van der Waals surface area contributed by atoms with E-state index in [1.54, 1.807) is 0 Å². The standard InChI is InChI=1S/C9H20N2O4S/c1-8(2,10)16(13,14)11-7-9(12)3-5-15-6-4-9/h11-12H,3-7,10H2,1-2H3. The molecule has 6 nitrogen and oxygen atoms in total. The molecule has 0 unspecified atom stereocenters. The number of hydrogen-bond donors (Lipinski definition) is 3. The third kappa shape index (κ3) is 3.39. The summed E-state index contributed by atoms with van der Waals surface area (Å²) in [6.45, 7) is 3.69. The van der Waals surface area contributed by atoms with Crippen LogP contribution in [0.15, 0.2) is 0 Å². The van der Waals surface area contributed by atoms with Crippen molar-refractivity contribution in [2.45, 2.75) is 37.2 Å². The third-order valence-corrected chi connectivity index (χ3v) is 4.62. The van der Waals surface area contributed by atoms with Gasteiger partial charge >= 0.3 is 0 Å². The first kappa shape index (κ1) is 13.9. The predicted octanol–water partition coefficient (Wildman–Crippen LogP) is -0.858. The highest BCUT2D eigenvalue weighted by atomic mass is 32.2. The molecule has 0 aromatic carbocycles. The van der Waals surface area contributed by atoms with Crippen LogP contribution in [0, 0.1) is 0 Å². The van der Waals surface area contributed by atoms with E-state index in [4.69, 9.17) is 10.5 Å². The Labute approximate surface area is 96.2 Å². The highest BCUT2D eigenvalue weighted by molar-refractivity contribution is 7.90. The molecule has 1 fully saturated rings. The summed E-state index contributed by atoms with van der Waals surface area (Å²) in [7, 11) is -3.61. The Morgan fingerprint density at radius 1 is 1.44 bits per heavy atom. The van der Waals surface area contributed by atoms with Crippen molar-refractivity contribution < 1.29 is 18.3 Å². The molecule has 0 aromatic heterocycles. The molecule has 0 saturated carbocycles. The molecule has 0 aromatic rings. The molecule has 0 radical (unpaired) electrons. The van der Waals surface area contributed by atoms with Crippen LogP contribution < -0.4 is 10.5 Å². The van der Waals surface area contributed by atoms with Crippen LogP contribution in [-0.4, -0.2) is 43.8 Å². The lowest BCUT2D eigenvalue weighted by Gasteiger charge is -2.33. The molecule has 0 spiro atoms. The van der Waals surface area contributed by atoms with Crippen molar-refractivity contribution in [3.05, 3.63) is 0 Å². The Morgan fingerprint density at radius 3 is 2.38 bits per heavy atom. The van der Waals surface area contributed by atoms with Gasteiger partial charge < -0.3 is 15.6 Å². The fourth-order valence-corrected chi connectivity index (χ4v) is 2.17. The molecule has 1 heterocycles. The molecule has 7 heteroatoms. The second-order valence-electron chi connectivity index (χ2n) is 4.76. The van der Waals surface area contributed by atoms with E-state index in [2.05, 4.69) is 4.72 Å². The van der Waals surface area contributed by atoms with Crippen molar-refractivity contribution >= 4 is 10.0 Å². The minimum Gasteiger partial charge on any atom is -0.388 e. The first-order chi connectivity index (χ1) is 7.16.